The number of thiophene rings is 1. The van der Waals surface area contributed by atoms with Gasteiger partial charge in [-0.1, -0.05) is 36.4 Å². The molecule has 3 aromatic rings. The SMILES string of the molecule is CC(=O)N1CCc2ccccc2C1CC(=O)Nc1cccc(NC(=O)c2cccs2)c1. The van der Waals surface area contributed by atoms with Crippen LogP contribution in [0.5, 0.6) is 0 Å². The maximum Gasteiger partial charge on any atom is 0.265 e. The predicted octanol–water partition coefficient (Wildman–Crippen LogP) is 4.47. The zero-order valence-corrected chi connectivity index (χ0v) is 17.9. The molecule has 1 atom stereocenters. The van der Waals surface area contributed by atoms with Gasteiger partial charge in [-0.05, 0) is 47.2 Å². The highest BCUT2D eigenvalue weighted by molar-refractivity contribution is 7.12. The molecule has 0 radical (unpaired) electrons. The van der Waals surface area contributed by atoms with Crippen molar-refractivity contribution in [2.24, 2.45) is 0 Å². The molecular formula is C24H23N3O3S. The Bertz CT molecular complexity index is 1110. The number of hydrogen-bond acceptors (Lipinski definition) is 4. The maximum absolute atomic E-state index is 12.8. The molecule has 0 bridgehead atoms. The summed E-state index contributed by atoms with van der Waals surface area (Å²) in [5.74, 6) is -0.408. The largest absolute Gasteiger partial charge is 0.335 e. The van der Waals surface area contributed by atoms with Gasteiger partial charge in [0.25, 0.3) is 5.91 Å². The molecule has 1 aromatic heterocycles. The molecule has 1 unspecified atom stereocenters. The zero-order valence-electron chi connectivity index (χ0n) is 17.1. The van der Waals surface area contributed by atoms with Crippen molar-refractivity contribution < 1.29 is 14.4 Å². The summed E-state index contributed by atoms with van der Waals surface area (Å²) in [6.45, 7) is 2.15. The monoisotopic (exact) mass is 433 g/mol. The molecular weight excluding hydrogens is 410 g/mol. The van der Waals surface area contributed by atoms with Crippen molar-refractivity contribution in [1.82, 2.24) is 4.90 Å². The quantitative estimate of drug-likeness (QED) is 0.623. The van der Waals surface area contributed by atoms with Crippen molar-refractivity contribution in [3.8, 4) is 0 Å². The second-order valence-corrected chi connectivity index (χ2v) is 8.39. The standard InChI is InChI=1S/C24H23N3O3S/c1-16(28)27-12-11-17-6-2-3-9-20(17)21(27)15-23(29)25-18-7-4-8-19(14-18)26-24(30)22-10-5-13-31-22/h2-10,13-14,21H,11-12,15H2,1H3,(H,25,29)(H,26,30). The fourth-order valence-electron chi connectivity index (χ4n) is 3.91. The zero-order chi connectivity index (χ0) is 21.8. The van der Waals surface area contributed by atoms with Gasteiger partial charge in [0.2, 0.25) is 11.8 Å². The normalized spacial score (nSPS) is 15.1. The van der Waals surface area contributed by atoms with E-state index >= 15 is 0 Å². The summed E-state index contributed by atoms with van der Waals surface area (Å²) in [5.41, 5.74) is 3.39. The van der Waals surface area contributed by atoms with Crippen LogP contribution in [0.4, 0.5) is 11.4 Å². The van der Waals surface area contributed by atoms with Crippen LogP contribution in [0.15, 0.2) is 66.0 Å². The number of hydrogen-bond donors (Lipinski definition) is 2. The molecule has 2 N–H and O–H groups in total. The lowest BCUT2D eigenvalue weighted by molar-refractivity contribution is -0.132. The van der Waals surface area contributed by atoms with Gasteiger partial charge in [0, 0.05) is 24.8 Å². The summed E-state index contributed by atoms with van der Waals surface area (Å²) in [6, 6.07) is 18.3. The van der Waals surface area contributed by atoms with Crippen LogP contribution in [0.1, 0.15) is 40.2 Å². The van der Waals surface area contributed by atoms with Crippen LogP contribution in [-0.2, 0) is 16.0 Å². The first-order chi connectivity index (χ1) is 15.0. The Morgan fingerprint density at radius 3 is 2.52 bits per heavy atom. The average Bonchev–Trinajstić information content (AvgIpc) is 3.29. The second kappa shape index (κ2) is 9.14. The van der Waals surface area contributed by atoms with Crippen LogP contribution in [0.3, 0.4) is 0 Å². The third-order valence-electron chi connectivity index (χ3n) is 5.34. The molecule has 4 rings (SSSR count). The van der Waals surface area contributed by atoms with Crippen LogP contribution in [-0.4, -0.2) is 29.2 Å². The lowest BCUT2D eigenvalue weighted by Gasteiger charge is -2.36. The van der Waals surface area contributed by atoms with Gasteiger partial charge in [0.15, 0.2) is 0 Å². The predicted molar refractivity (Wildman–Crippen MR) is 122 cm³/mol. The molecule has 0 aliphatic carbocycles. The third kappa shape index (κ3) is 4.83. The number of carbonyl (C=O) groups excluding carboxylic acids is 3. The summed E-state index contributed by atoms with van der Waals surface area (Å²) in [7, 11) is 0. The molecule has 2 heterocycles. The second-order valence-electron chi connectivity index (χ2n) is 7.44. The Balaban J connectivity index is 1.46. The van der Waals surface area contributed by atoms with Gasteiger partial charge in [-0.3, -0.25) is 14.4 Å². The molecule has 2 aromatic carbocycles. The number of fused-ring (bicyclic) bond motifs is 1. The van der Waals surface area contributed by atoms with Gasteiger partial charge in [-0.2, -0.15) is 0 Å². The molecule has 0 saturated carbocycles. The van der Waals surface area contributed by atoms with E-state index in [4.69, 9.17) is 0 Å². The fourth-order valence-corrected chi connectivity index (χ4v) is 4.53. The van der Waals surface area contributed by atoms with E-state index in [0.29, 0.717) is 22.8 Å². The topological polar surface area (TPSA) is 78.5 Å². The van der Waals surface area contributed by atoms with E-state index in [1.807, 2.05) is 29.6 Å². The Hall–Kier alpha value is -3.45. The van der Waals surface area contributed by atoms with Crippen LogP contribution in [0.25, 0.3) is 0 Å². The summed E-state index contributed by atoms with van der Waals surface area (Å²) in [6.07, 6.45) is 0.961. The summed E-state index contributed by atoms with van der Waals surface area (Å²) in [4.78, 5) is 39.6. The van der Waals surface area contributed by atoms with Crippen molar-refractivity contribution in [2.45, 2.75) is 25.8 Å². The highest BCUT2D eigenvalue weighted by Gasteiger charge is 2.30. The fraction of sp³-hybridized carbons (Fsp3) is 0.208. The number of anilines is 2. The minimum Gasteiger partial charge on any atom is -0.335 e. The van der Waals surface area contributed by atoms with Crippen LogP contribution in [0.2, 0.25) is 0 Å². The number of carbonyl (C=O) groups is 3. The minimum atomic E-state index is -0.288. The van der Waals surface area contributed by atoms with Gasteiger partial charge in [-0.25, -0.2) is 0 Å². The van der Waals surface area contributed by atoms with Crippen molar-refractivity contribution in [2.75, 3.05) is 17.2 Å². The van der Waals surface area contributed by atoms with Crippen molar-refractivity contribution in [1.29, 1.82) is 0 Å². The van der Waals surface area contributed by atoms with Crippen LogP contribution < -0.4 is 10.6 Å². The summed E-state index contributed by atoms with van der Waals surface area (Å²) >= 11 is 1.37. The average molecular weight is 434 g/mol. The molecule has 1 aliphatic heterocycles. The van der Waals surface area contributed by atoms with E-state index in [0.717, 1.165) is 12.0 Å². The van der Waals surface area contributed by atoms with Gasteiger partial charge >= 0.3 is 0 Å². The lowest BCUT2D eigenvalue weighted by Crippen LogP contribution is -2.40. The van der Waals surface area contributed by atoms with Gasteiger partial charge in [0.05, 0.1) is 17.3 Å². The van der Waals surface area contributed by atoms with Gasteiger partial charge in [-0.15, -0.1) is 11.3 Å². The molecule has 3 amide bonds. The van der Waals surface area contributed by atoms with Crippen LogP contribution in [0, 0.1) is 0 Å². The number of benzene rings is 2. The molecule has 31 heavy (non-hydrogen) atoms. The van der Waals surface area contributed by atoms with E-state index in [2.05, 4.69) is 16.7 Å². The van der Waals surface area contributed by atoms with Gasteiger partial charge in [0.1, 0.15) is 0 Å². The summed E-state index contributed by atoms with van der Waals surface area (Å²) < 4.78 is 0. The molecule has 0 saturated heterocycles. The molecule has 0 spiro atoms. The lowest BCUT2D eigenvalue weighted by atomic mass is 9.90. The molecule has 0 fully saturated rings. The highest BCUT2D eigenvalue weighted by Crippen LogP contribution is 2.32. The first-order valence-corrected chi connectivity index (χ1v) is 11.0. The number of amides is 3. The molecule has 6 nitrogen and oxygen atoms in total. The Morgan fingerprint density at radius 1 is 1.00 bits per heavy atom. The Kier molecular flexibility index (Phi) is 6.13. The third-order valence-corrected chi connectivity index (χ3v) is 6.21. The number of rotatable bonds is 5. The van der Waals surface area contributed by atoms with Crippen LogP contribution >= 0.6 is 11.3 Å². The molecule has 1 aliphatic rings. The Morgan fingerprint density at radius 2 is 1.77 bits per heavy atom. The van der Waals surface area contributed by atoms with Gasteiger partial charge < -0.3 is 15.5 Å². The first kappa shape index (κ1) is 20.8. The van der Waals surface area contributed by atoms with E-state index in [-0.39, 0.29) is 30.2 Å². The highest BCUT2D eigenvalue weighted by atomic mass is 32.1. The van der Waals surface area contributed by atoms with E-state index in [1.165, 1.54) is 16.9 Å². The smallest absolute Gasteiger partial charge is 0.265 e. The minimum absolute atomic E-state index is 0.0365. The van der Waals surface area contributed by atoms with E-state index in [1.54, 1.807) is 42.2 Å². The number of nitrogens with zero attached hydrogens (tertiary/aromatic N) is 1. The first-order valence-electron chi connectivity index (χ1n) is 10.1. The summed E-state index contributed by atoms with van der Waals surface area (Å²) in [5, 5.41) is 7.59. The maximum atomic E-state index is 12.8. The Labute approximate surface area is 184 Å². The van der Waals surface area contributed by atoms with E-state index in [9.17, 15) is 14.4 Å². The van der Waals surface area contributed by atoms with Crippen molar-refractivity contribution >= 4 is 40.4 Å². The molecule has 158 valence electrons. The number of nitrogens with one attached hydrogen (secondary N) is 2. The van der Waals surface area contributed by atoms with Crippen molar-refractivity contribution in [3.05, 3.63) is 82.0 Å². The van der Waals surface area contributed by atoms with Crippen molar-refractivity contribution in [3.63, 3.8) is 0 Å². The molecule has 7 heteroatoms. The van der Waals surface area contributed by atoms with E-state index < -0.39 is 0 Å².